The molecule has 6 heteroatoms. The van der Waals surface area contributed by atoms with Crippen molar-refractivity contribution in [3.05, 3.63) is 60.2 Å². The van der Waals surface area contributed by atoms with Gasteiger partial charge in [-0.3, -0.25) is 0 Å². The predicted octanol–water partition coefficient (Wildman–Crippen LogP) is 5.80. The molecule has 0 saturated carbocycles. The minimum absolute atomic E-state index is 0. The van der Waals surface area contributed by atoms with E-state index in [0.29, 0.717) is 5.25 Å². The van der Waals surface area contributed by atoms with Crippen LogP contribution in [0.4, 0.5) is 0 Å². The number of piperidine rings is 1. The Morgan fingerprint density at radius 1 is 1.00 bits per heavy atom. The van der Waals surface area contributed by atoms with Crippen molar-refractivity contribution in [2.75, 3.05) is 27.2 Å². The van der Waals surface area contributed by atoms with Gasteiger partial charge in [-0.1, -0.05) is 54.3 Å². The van der Waals surface area contributed by atoms with Gasteiger partial charge < -0.3 is 9.80 Å². The minimum atomic E-state index is 0. The van der Waals surface area contributed by atoms with Crippen LogP contribution in [-0.2, 0) is 6.54 Å². The Labute approximate surface area is 183 Å². The third-order valence-electron chi connectivity index (χ3n) is 4.37. The van der Waals surface area contributed by atoms with Gasteiger partial charge in [-0.15, -0.1) is 24.2 Å². The van der Waals surface area contributed by atoms with E-state index in [1.54, 1.807) is 11.8 Å². The first-order valence-electron chi connectivity index (χ1n) is 9.02. The quantitative estimate of drug-likeness (QED) is 0.428. The number of benzene rings is 2. The third-order valence-corrected chi connectivity index (χ3v) is 7.17. The fourth-order valence-corrected chi connectivity index (χ4v) is 5.44. The molecule has 27 heavy (non-hydrogen) atoms. The first kappa shape index (κ1) is 22.6. The molecule has 0 amide bonds. The lowest BCUT2D eigenvalue weighted by Crippen LogP contribution is -2.37. The van der Waals surface area contributed by atoms with Crippen molar-refractivity contribution in [3.63, 3.8) is 0 Å². The van der Waals surface area contributed by atoms with Gasteiger partial charge in [0.1, 0.15) is 4.32 Å². The summed E-state index contributed by atoms with van der Waals surface area (Å²) in [7, 11) is 4.22. The average Bonchev–Trinajstić information content (AvgIpc) is 2.64. The molecular formula is C21H27ClN2S3. The SMILES string of the molecule is CN(C)Cc1ccc(SC2CCN(C(=S)Sc3ccccc3)CC2)cc1.Cl. The van der Waals surface area contributed by atoms with Gasteiger partial charge in [0.15, 0.2) is 0 Å². The number of hydrogen-bond donors (Lipinski definition) is 0. The van der Waals surface area contributed by atoms with Crippen molar-refractivity contribution in [1.82, 2.24) is 9.80 Å². The minimum Gasteiger partial charge on any atom is -0.357 e. The smallest absolute Gasteiger partial charge is 0.141 e. The van der Waals surface area contributed by atoms with Crippen molar-refractivity contribution < 1.29 is 0 Å². The summed E-state index contributed by atoms with van der Waals surface area (Å²) in [6, 6.07) is 19.5. The van der Waals surface area contributed by atoms with Crippen LogP contribution in [0.5, 0.6) is 0 Å². The molecule has 2 nitrogen and oxygen atoms in total. The van der Waals surface area contributed by atoms with Crippen LogP contribution in [0.2, 0.25) is 0 Å². The highest BCUT2D eigenvalue weighted by atomic mass is 35.5. The van der Waals surface area contributed by atoms with E-state index in [1.165, 1.54) is 28.2 Å². The summed E-state index contributed by atoms with van der Waals surface area (Å²) in [5.41, 5.74) is 1.37. The molecule has 1 fully saturated rings. The van der Waals surface area contributed by atoms with E-state index in [2.05, 4.69) is 72.4 Å². The molecule has 0 atom stereocenters. The molecule has 0 bridgehead atoms. The molecular weight excluding hydrogens is 412 g/mol. The highest BCUT2D eigenvalue weighted by Crippen LogP contribution is 2.32. The molecule has 3 rings (SSSR count). The van der Waals surface area contributed by atoms with Gasteiger partial charge in [0.25, 0.3) is 0 Å². The summed E-state index contributed by atoms with van der Waals surface area (Å²) in [6.45, 7) is 3.13. The summed E-state index contributed by atoms with van der Waals surface area (Å²) in [4.78, 5) is 7.18. The van der Waals surface area contributed by atoms with Gasteiger partial charge in [0.2, 0.25) is 0 Å². The van der Waals surface area contributed by atoms with E-state index in [-0.39, 0.29) is 12.4 Å². The maximum absolute atomic E-state index is 5.65. The molecule has 2 aromatic rings. The lowest BCUT2D eigenvalue weighted by Gasteiger charge is -2.33. The maximum Gasteiger partial charge on any atom is 0.141 e. The van der Waals surface area contributed by atoms with E-state index in [0.717, 1.165) is 24.0 Å². The van der Waals surface area contributed by atoms with Gasteiger partial charge >= 0.3 is 0 Å². The highest BCUT2D eigenvalue weighted by molar-refractivity contribution is 8.22. The second-order valence-electron chi connectivity index (χ2n) is 6.87. The molecule has 0 unspecified atom stereocenters. The van der Waals surface area contributed by atoms with Crippen LogP contribution in [-0.4, -0.2) is 46.6 Å². The monoisotopic (exact) mass is 438 g/mol. The Hall–Kier alpha value is -0.720. The Morgan fingerprint density at radius 2 is 1.63 bits per heavy atom. The topological polar surface area (TPSA) is 6.48 Å². The van der Waals surface area contributed by atoms with Crippen LogP contribution in [0.25, 0.3) is 0 Å². The fourth-order valence-electron chi connectivity index (χ4n) is 3.04. The number of thioether (sulfide) groups is 2. The first-order valence-corrected chi connectivity index (χ1v) is 11.1. The number of thiocarbonyl (C=S) groups is 1. The van der Waals surface area contributed by atoms with Gasteiger partial charge in [-0.05, 0) is 56.8 Å². The molecule has 0 aromatic heterocycles. The van der Waals surface area contributed by atoms with Crippen LogP contribution < -0.4 is 0 Å². The van der Waals surface area contributed by atoms with E-state index in [1.807, 2.05) is 17.8 Å². The zero-order valence-corrected chi connectivity index (χ0v) is 19.1. The van der Waals surface area contributed by atoms with Crippen molar-refractivity contribution in [2.24, 2.45) is 0 Å². The van der Waals surface area contributed by atoms with Gasteiger partial charge in [0.05, 0.1) is 0 Å². The molecule has 1 heterocycles. The summed E-state index contributed by atoms with van der Waals surface area (Å²) < 4.78 is 1.01. The highest BCUT2D eigenvalue weighted by Gasteiger charge is 2.22. The van der Waals surface area contributed by atoms with Crippen LogP contribution >= 0.6 is 48.1 Å². The second-order valence-corrected chi connectivity index (χ2v) is 9.95. The van der Waals surface area contributed by atoms with Crippen molar-refractivity contribution in [3.8, 4) is 0 Å². The van der Waals surface area contributed by atoms with Gasteiger partial charge in [-0.25, -0.2) is 0 Å². The number of nitrogens with zero attached hydrogens (tertiary/aromatic N) is 2. The molecule has 2 aromatic carbocycles. The summed E-state index contributed by atoms with van der Waals surface area (Å²) in [6.07, 6.45) is 2.39. The largest absolute Gasteiger partial charge is 0.357 e. The van der Waals surface area contributed by atoms with Crippen molar-refractivity contribution >= 4 is 52.5 Å². The number of rotatable bonds is 5. The first-order chi connectivity index (χ1) is 12.6. The molecule has 0 aliphatic carbocycles. The van der Waals surface area contributed by atoms with Crippen molar-refractivity contribution in [2.45, 2.75) is 34.4 Å². The van der Waals surface area contributed by atoms with Crippen molar-refractivity contribution in [1.29, 1.82) is 0 Å². The number of halogens is 1. The molecule has 1 saturated heterocycles. The molecule has 0 spiro atoms. The predicted molar refractivity (Wildman–Crippen MR) is 126 cm³/mol. The van der Waals surface area contributed by atoms with Crippen LogP contribution in [0.3, 0.4) is 0 Å². The molecule has 0 N–H and O–H groups in total. The van der Waals surface area contributed by atoms with E-state index < -0.39 is 0 Å². The van der Waals surface area contributed by atoms with E-state index >= 15 is 0 Å². The lowest BCUT2D eigenvalue weighted by atomic mass is 10.1. The Bertz CT molecular complexity index is 699. The summed E-state index contributed by atoms with van der Waals surface area (Å²) in [5.74, 6) is 0. The van der Waals surface area contributed by atoms with E-state index in [9.17, 15) is 0 Å². The van der Waals surface area contributed by atoms with Gasteiger partial charge in [0, 0.05) is 34.7 Å². The van der Waals surface area contributed by atoms with E-state index in [4.69, 9.17) is 12.2 Å². The average molecular weight is 439 g/mol. The summed E-state index contributed by atoms with van der Waals surface area (Å²) >= 11 is 9.38. The standard InChI is InChI=1S/C21H26N2S3.ClH/c1-22(2)16-17-8-10-19(11-9-17)25-20-12-14-23(15-13-20)21(24)26-18-6-4-3-5-7-18;/h3-11,20H,12-16H2,1-2H3;1H. The van der Waals surface area contributed by atoms with Gasteiger partial charge in [-0.2, -0.15) is 0 Å². The van der Waals surface area contributed by atoms with Crippen LogP contribution in [0, 0.1) is 0 Å². The molecule has 0 radical (unpaired) electrons. The van der Waals surface area contributed by atoms with Crippen LogP contribution in [0.15, 0.2) is 64.4 Å². The third kappa shape index (κ3) is 7.31. The Balaban J connectivity index is 0.00000261. The fraction of sp³-hybridized carbons (Fsp3) is 0.381. The number of likely N-dealkylation sites (tertiary alicyclic amines) is 1. The summed E-state index contributed by atoms with van der Waals surface area (Å²) in [5, 5.41) is 0.690. The molecule has 146 valence electrons. The number of hydrogen-bond acceptors (Lipinski definition) is 4. The second kappa shape index (κ2) is 11.3. The zero-order valence-electron chi connectivity index (χ0n) is 15.8. The zero-order chi connectivity index (χ0) is 18.4. The maximum atomic E-state index is 5.65. The normalized spacial score (nSPS) is 14.9. The lowest BCUT2D eigenvalue weighted by molar-refractivity contribution is 0.359. The Kier molecular flexibility index (Phi) is 9.46. The molecule has 1 aliphatic heterocycles. The van der Waals surface area contributed by atoms with Crippen LogP contribution in [0.1, 0.15) is 18.4 Å². The molecule has 1 aliphatic rings. The Morgan fingerprint density at radius 3 is 2.22 bits per heavy atom.